The third-order valence-corrected chi connectivity index (χ3v) is 6.19. The average Bonchev–Trinajstić information content (AvgIpc) is 3.43. The van der Waals surface area contributed by atoms with Crippen molar-refractivity contribution in [2.75, 3.05) is 23.9 Å². The van der Waals surface area contributed by atoms with Crippen LogP contribution < -0.4 is 5.32 Å². The number of nitrogens with zero attached hydrogens (tertiary/aromatic N) is 2. The van der Waals surface area contributed by atoms with Gasteiger partial charge in [-0.05, 0) is 55.4 Å². The van der Waals surface area contributed by atoms with Gasteiger partial charge >= 0.3 is 6.03 Å². The summed E-state index contributed by atoms with van der Waals surface area (Å²) in [6, 6.07) is 5.10. The van der Waals surface area contributed by atoms with Gasteiger partial charge in [-0.1, -0.05) is 0 Å². The van der Waals surface area contributed by atoms with Crippen LogP contribution in [0.5, 0.6) is 0 Å². The molecule has 1 aliphatic carbocycles. The van der Waals surface area contributed by atoms with E-state index in [-0.39, 0.29) is 29.9 Å². The first-order chi connectivity index (χ1) is 12.1. The second-order valence-corrected chi connectivity index (χ2v) is 8.08. The largest absolute Gasteiger partial charge is 0.325 e. The molecule has 0 spiro atoms. The number of thioether (sulfide) groups is 1. The maximum atomic E-state index is 12.5. The molecule has 0 radical (unpaired) electrons. The number of hydrogen-bond acceptors (Lipinski definition) is 4. The van der Waals surface area contributed by atoms with Crippen molar-refractivity contribution in [1.82, 2.24) is 9.80 Å². The SMILES string of the molecule is CN(C(=O)Nc1ccc2c(c1)C(=O)N(C1CC1)C2=O)C1CCSCC1. The lowest BCUT2D eigenvalue weighted by molar-refractivity contribution is 0.0642. The third kappa shape index (κ3) is 3.01. The van der Waals surface area contributed by atoms with E-state index in [4.69, 9.17) is 0 Å². The van der Waals surface area contributed by atoms with E-state index < -0.39 is 0 Å². The summed E-state index contributed by atoms with van der Waals surface area (Å²) in [4.78, 5) is 40.4. The first kappa shape index (κ1) is 16.4. The quantitative estimate of drug-likeness (QED) is 0.843. The predicted molar refractivity (Wildman–Crippen MR) is 97.1 cm³/mol. The molecule has 4 amide bonds. The highest BCUT2D eigenvalue weighted by Gasteiger charge is 2.44. The highest BCUT2D eigenvalue weighted by molar-refractivity contribution is 7.99. The van der Waals surface area contributed by atoms with Crippen molar-refractivity contribution in [2.45, 2.75) is 37.8 Å². The van der Waals surface area contributed by atoms with Gasteiger partial charge in [0.15, 0.2) is 0 Å². The third-order valence-electron chi connectivity index (χ3n) is 5.14. The van der Waals surface area contributed by atoms with E-state index in [9.17, 15) is 14.4 Å². The highest BCUT2D eigenvalue weighted by Crippen LogP contribution is 2.35. The van der Waals surface area contributed by atoms with Gasteiger partial charge in [0.25, 0.3) is 11.8 Å². The van der Waals surface area contributed by atoms with Gasteiger partial charge in [-0.3, -0.25) is 14.5 Å². The molecule has 0 atom stereocenters. The molecule has 1 saturated carbocycles. The van der Waals surface area contributed by atoms with E-state index in [2.05, 4.69) is 5.32 Å². The normalized spacial score (nSPS) is 20.6. The molecule has 0 bridgehead atoms. The fourth-order valence-corrected chi connectivity index (χ4v) is 4.53. The Morgan fingerprint density at radius 2 is 1.80 bits per heavy atom. The van der Waals surface area contributed by atoms with Gasteiger partial charge in [0.1, 0.15) is 0 Å². The zero-order valence-corrected chi connectivity index (χ0v) is 15.0. The molecule has 4 rings (SSSR count). The lowest BCUT2D eigenvalue weighted by Crippen LogP contribution is -2.41. The van der Waals surface area contributed by atoms with E-state index in [1.807, 2.05) is 18.8 Å². The minimum atomic E-state index is -0.240. The summed E-state index contributed by atoms with van der Waals surface area (Å²) in [7, 11) is 1.81. The summed E-state index contributed by atoms with van der Waals surface area (Å²) < 4.78 is 0. The molecule has 0 unspecified atom stereocenters. The summed E-state index contributed by atoms with van der Waals surface area (Å²) in [5.74, 6) is 1.71. The Labute approximate surface area is 150 Å². The van der Waals surface area contributed by atoms with E-state index >= 15 is 0 Å². The molecular formula is C18H21N3O3S. The monoisotopic (exact) mass is 359 g/mol. The van der Waals surface area contributed by atoms with Crippen LogP contribution in [0.25, 0.3) is 0 Å². The fraction of sp³-hybridized carbons (Fsp3) is 0.500. The highest BCUT2D eigenvalue weighted by atomic mass is 32.2. The summed E-state index contributed by atoms with van der Waals surface area (Å²) in [5.41, 5.74) is 1.39. The molecule has 1 saturated heterocycles. The van der Waals surface area contributed by atoms with Crippen LogP contribution in [0, 0.1) is 0 Å². The van der Waals surface area contributed by atoms with E-state index in [0.29, 0.717) is 16.8 Å². The summed E-state index contributed by atoms with van der Waals surface area (Å²) in [6.07, 6.45) is 3.78. The fourth-order valence-electron chi connectivity index (χ4n) is 3.45. The van der Waals surface area contributed by atoms with Crippen molar-refractivity contribution < 1.29 is 14.4 Å². The zero-order chi connectivity index (χ0) is 17.6. The minimum Gasteiger partial charge on any atom is -0.325 e. The maximum Gasteiger partial charge on any atom is 0.321 e. The van der Waals surface area contributed by atoms with Crippen molar-refractivity contribution in [2.24, 2.45) is 0 Å². The van der Waals surface area contributed by atoms with Gasteiger partial charge < -0.3 is 10.2 Å². The topological polar surface area (TPSA) is 69.7 Å². The molecule has 25 heavy (non-hydrogen) atoms. The number of rotatable bonds is 3. The lowest BCUT2D eigenvalue weighted by atomic mass is 10.1. The Kier molecular flexibility index (Phi) is 4.19. The zero-order valence-electron chi connectivity index (χ0n) is 14.2. The summed E-state index contributed by atoms with van der Waals surface area (Å²) in [6.45, 7) is 0. The maximum absolute atomic E-state index is 12.5. The van der Waals surface area contributed by atoms with Gasteiger partial charge in [0, 0.05) is 24.8 Å². The number of nitrogens with one attached hydrogen (secondary N) is 1. The van der Waals surface area contributed by atoms with Crippen LogP contribution in [-0.2, 0) is 0 Å². The molecule has 2 fully saturated rings. The van der Waals surface area contributed by atoms with Crippen LogP contribution in [0.3, 0.4) is 0 Å². The van der Waals surface area contributed by atoms with Crippen LogP contribution in [0.1, 0.15) is 46.4 Å². The summed E-state index contributed by atoms with van der Waals surface area (Å²) >= 11 is 1.92. The Morgan fingerprint density at radius 1 is 1.12 bits per heavy atom. The number of benzene rings is 1. The number of hydrogen-bond donors (Lipinski definition) is 1. The number of urea groups is 1. The molecule has 6 nitrogen and oxygen atoms in total. The van der Waals surface area contributed by atoms with Gasteiger partial charge in [-0.15, -0.1) is 0 Å². The Hall–Kier alpha value is -2.02. The van der Waals surface area contributed by atoms with E-state index in [0.717, 1.165) is 37.2 Å². The van der Waals surface area contributed by atoms with E-state index in [1.54, 1.807) is 23.1 Å². The van der Waals surface area contributed by atoms with Crippen molar-refractivity contribution in [1.29, 1.82) is 0 Å². The first-order valence-corrected chi connectivity index (χ1v) is 9.85. The smallest absolute Gasteiger partial charge is 0.321 e. The second kappa shape index (κ2) is 6.37. The lowest BCUT2D eigenvalue weighted by Gasteiger charge is -2.31. The van der Waals surface area contributed by atoms with Crippen LogP contribution in [0.4, 0.5) is 10.5 Å². The molecule has 7 heteroatoms. The molecule has 1 aromatic carbocycles. The second-order valence-electron chi connectivity index (χ2n) is 6.86. The number of carbonyl (C=O) groups is 3. The number of amides is 4. The molecular weight excluding hydrogens is 338 g/mol. The molecule has 2 aliphatic heterocycles. The van der Waals surface area contributed by atoms with Gasteiger partial charge in [0.05, 0.1) is 11.1 Å². The molecule has 132 valence electrons. The Balaban J connectivity index is 1.48. The number of carbonyl (C=O) groups excluding carboxylic acids is 3. The molecule has 1 N–H and O–H groups in total. The number of imide groups is 1. The standard InChI is InChI=1S/C18H21N3O3S/c1-20(12-6-8-25-9-7-12)18(24)19-11-2-5-14-15(10-11)17(23)21(16(14)22)13-3-4-13/h2,5,10,12-13H,3-4,6-9H2,1H3,(H,19,24). The van der Waals surface area contributed by atoms with Gasteiger partial charge in [0.2, 0.25) is 0 Å². The van der Waals surface area contributed by atoms with Crippen molar-refractivity contribution in [3.05, 3.63) is 29.3 Å². The molecule has 0 aromatic heterocycles. The Bertz CT molecular complexity index is 741. The van der Waals surface area contributed by atoms with Crippen molar-refractivity contribution in [3.63, 3.8) is 0 Å². The van der Waals surface area contributed by atoms with Crippen LogP contribution >= 0.6 is 11.8 Å². The van der Waals surface area contributed by atoms with E-state index in [1.165, 1.54) is 4.90 Å². The number of fused-ring (bicyclic) bond motifs is 1. The van der Waals surface area contributed by atoms with Crippen LogP contribution in [0.2, 0.25) is 0 Å². The Morgan fingerprint density at radius 3 is 2.48 bits per heavy atom. The molecule has 2 heterocycles. The average molecular weight is 359 g/mol. The van der Waals surface area contributed by atoms with Gasteiger partial charge in [-0.25, -0.2) is 4.79 Å². The van der Waals surface area contributed by atoms with Crippen molar-refractivity contribution >= 4 is 35.3 Å². The van der Waals surface area contributed by atoms with Crippen LogP contribution in [-0.4, -0.2) is 58.3 Å². The summed E-state index contributed by atoms with van der Waals surface area (Å²) in [5, 5.41) is 2.86. The van der Waals surface area contributed by atoms with Gasteiger partial charge in [-0.2, -0.15) is 11.8 Å². The number of anilines is 1. The first-order valence-electron chi connectivity index (χ1n) is 8.70. The molecule has 3 aliphatic rings. The van der Waals surface area contributed by atoms with Crippen molar-refractivity contribution in [3.8, 4) is 0 Å². The predicted octanol–water partition coefficient (Wildman–Crippen LogP) is 2.80. The minimum absolute atomic E-state index is 0.0562. The molecule has 1 aromatic rings. The van der Waals surface area contributed by atoms with Crippen LogP contribution in [0.15, 0.2) is 18.2 Å².